The van der Waals surface area contributed by atoms with Crippen LogP contribution in [0, 0.1) is 13.8 Å². The van der Waals surface area contributed by atoms with Crippen molar-refractivity contribution in [3.05, 3.63) is 63.9 Å². The first-order chi connectivity index (χ1) is 8.56. The van der Waals surface area contributed by atoms with Gasteiger partial charge in [0.05, 0.1) is 0 Å². The highest BCUT2D eigenvalue weighted by Gasteiger charge is 2.02. The zero-order chi connectivity index (χ0) is 13.1. The average Bonchev–Trinajstić information content (AvgIpc) is 2.66. The van der Waals surface area contributed by atoms with Gasteiger partial charge in [-0.25, -0.2) is 0 Å². The minimum absolute atomic E-state index is 0.0293. The van der Waals surface area contributed by atoms with Gasteiger partial charge in [-0.15, -0.1) is 0 Å². The van der Waals surface area contributed by atoms with E-state index in [1.807, 2.05) is 19.9 Å². The molecule has 0 saturated heterocycles. The molecule has 0 radical (unpaired) electrons. The number of carbonyl (C=O) groups is 1. The molecule has 0 amide bonds. The highest BCUT2D eigenvalue weighted by Crippen LogP contribution is 2.13. The van der Waals surface area contributed by atoms with Crippen molar-refractivity contribution in [2.45, 2.75) is 13.8 Å². The van der Waals surface area contributed by atoms with E-state index in [0.29, 0.717) is 10.6 Å². The summed E-state index contributed by atoms with van der Waals surface area (Å²) in [4.78, 5) is 15.1. The van der Waals surface area contributed by atoms with E-state index < -0.39 is 0 Å². The van der Waals surface area contributed by atoms with Crippen LogP contribution in [0.2, 0.25) is 5.02 Å². The lowest BCUT2D eigenvalue weighted by molar-refractivity contribution is 0.104. The number of H-pyrrole nitrogens is 1. The van der Waals surface area contributed by atoms with E-state index in [-0.39, 0.29) is 5.78 Å². The summed E-state index contributed by atoms with van der Waals surface area (Å²) < 4.78 is 0. The van der Waals surface area contributed by atoms with E-state index in [1.54, 1.807) is 36.4 Å². The van der Waals surface area contributed by atoms with E-state index in [1.165, 1.54) is 0 Å². The van der Waals surface area contributed by atoms with Gasteiger partial charge in [-0.3, -0.25) is 4.79 Å². The standard InChI is InChI=1S/C15H14ClNO/c1-10-9-11(2)17-14(10)7-8-15(18)12-3-5-13(16)6-4-12/h3-9,17H,1-2H3/b8-7-. The summed E-state index contributed by atoms with van der Waals surface area (Å²) in [7, 11) is 0. The van der Waals surface area contributed by atoms with Crippen LogP contribution in [0.4, 0.5) is 0 Å². The third-order valence-electron chi connectivity index (χ3n) is 2.72. The van der Waals surface area contributed by atoms with Gasteiger partial charge in [0, 0.05) is 22.0 Å². The maximum Gasteiger partial charge on any atom is 0.185 e. The van der Waals surface area contributed by atoms with Crippen LogP contribution in [0.25, 0.3) is 6.08 Å². The second kappa shape index (κ2) is 5.23. The number of hydrogen-bond donors (Lipinski definition) is 1. The topological polar surface area (TPSA) is 32.9 Å². The van der Waals surface area contributed by atoms with E-state index >= 15 is 0 Å². The molecule has 0 unspecified atom stereocenters. The number of allylic oxidation sites excluding steroid dienone is 1. The van der Waals surface area contributed by atoms with Gasteiger partial charge in [-0.1, -0.05) is 11.6 Å². The molecule has 0 saturated carbocycles. The van der Waals surface area contributed by atoms with Gasteiger partial charge in [0.2, 0.25) is 0 Å². The molecular formula is C15H14ClNO. The molecule has 1 N–H and O–H groups in total. The number of aryl methyl sites for hydroxylation is 2. The van der Waals surface area contributed by atoms with E-state index in [2.05, 4.69) is 4.98 Å². The van der Waals surface area contributed by atoms with E-state index in [9.17, 15) is 4.79 Å². The molecule has 2 rings (SSSR count). The lowest BCUT2D eigenvalue weighted by atomic mass is 10.1. The molecule has 0 aliphatic carbocycles. The number of benzene rings is 1. The molecule has 0 bridgehead atoms. The van der Waals surface area contributed by atoms with Crippen LogP contribution in [0.15, 0.2) is 36.4 Å². The van der Waals surface area contributed by atoms with Crippen LogP contribution in [0.5, 0.6) is 0 Å². The highest BCUT2D eigenvalue weighted by molar-refractivity contribution is 6.30. The lowest BCUT2D eigenvalue weighted by Gasteiger charge is -1.96. The predicted octanol–water partition coefficient (Wildman–Crippen LogP) is 4.18. The normalized spacial score (nSPS) is 11.1. The molecule has 0 fully saturated rings. The summed E-state index contributed by atoms with van der Waals surface area (Å²) in [5, 5.41) is 0.631. The Morgan fingerprint density at radius 1 is 1.22 bits per heavy atom. The van der Waals surface area contributed by atoms with Gasteiger partial charge in [0.25, 0.3) is 0 Å². The molecule has 1 aromatic carbocycles. The van der Waals surface area contributed by atoms with Crippen LogP contribution in [0.1, 0.15) is 27.3 Å². The fourth-order valence-electron chi connectivity index (χ4n) is 1.79. The van der Waals surface area contributed by atoms with Crippen molar-refractivity contribution in [2.75, 3.05) is 0 Å². The van der Waals surface area contributed by atoms with Crippen molar-refractivity contribution in [3.63, 3.8) is 0 Å². The lowest BCUT2D eigenvalue weighted by Crippen LogP contribution is -1.93. The zero-order valence-corrected chi connectivity index (χ0v) is 11.1. The van der Waals surface area contributed by atoms with Crippen molar-refractivity contribution in [2.24, 2.45) is 0 Å². The number of nitrogens with one attached hydrogen (secondary N) is 1. The van der Waals surface area contributed by atoms with Crippen LogP contribution in [0.3, 0.4) is 0 Å². The number of rotatable bonds is 3. The molecule has 1 aromatic heterocycles. The number of carbonyl (C=O) groups excluding carboxylic acids is 1. The largest absolute Gasteiger partial charge is 0.359 e. The average molecular weight is 260 g/mol. The number of aromatic amines is 1. The quantitative estimate of drug-likeness (QED) is 0.651. The van der Waals surface area contributed by atoms with Gasteiger partial charge in [-0.05, 0) is 61.9 Å². The summed E-state index contributed by atoms with van der Waals surface area (Å²) in [6.45, 7) is 4.00. The summed E-state index contributed by atoms with van der Waals surface area (Å²) in [5.41, 5.74) is 3.82. The Balaban J connectivity index is 2.16. The second-order valence-corrected chi connectivity index (χ2v) is 4.69. The second-order valence-electron chi connectivity index (χ2n) is 4.25. The molecule has 0 atom stereocenters. The molecule has 92 valence electrons. The third-order valence-corrected chi connectivity index (χ3v) is 2.97. The maximum atomic E-state index is 11.9. The van der Waals surface area contributed by atoms with Gasteiger partial charge in [-0.2, -0.15) is 0 Å². The van der Waals surface area contributed by atoms with Crippen molar-refractivity contribution in [3.8, 4) is 0 Å². The summed E-state index contributed by atoms with van der Waals surface area (Å²) in [6.07, 6.45) is 3.38. The third kappa shape index (κ3) is 2.90. The first kappa shape index (κ1) is 12.7. The van der Waals surface area contributed by atoms with Crippen LogP contribution in [-0.2, 0) is 0 Å². The summed E-state index contributed by atoms with van der Waals surface area (Å²) in [5.74, 6) is -0.0293. The molecule has 0 spiro atoms. The van der Waals surface area contributed by atoms with Gasteiger partial charge in [0.1, 0.15) is 0 Å². The molecule has 18 heavy (non-hydrogen) atoms. The van der Waals surface area contributed by atoms with E-state index in [0.717, 1.165) is 17.0 Å². The Morgan fingerprint density at radius 2 is 1.89 bits per heavy atom. The highest BCUT2D eigenvalue weighted by atomic mass is 35.5. The fourth-order valence-corrected chi connectivity index (χ4v) is 1.92. The number of hydrogen-bond acceptors (Lipinski definition) is 1. The Hall–Kier alpha value is -1.80. The van der Waals surface area contributed by atoms with Crippen LogP contribution >= 0.6 is 11.6 Å². The van der Waals surface area contributed by atoms with Crippen molar-refractivity contribution in [1.29, 1.82) is 0 Å². The van der Waals surface area contributed by atoms with Crippen molar-refractivity contribution >= 4 is 23.5 Å². The Bertz CT molecular complexity index is 593. The van der Waals surface area contributed by atoms with Crippen molar-refractivity contribution < 1.29 is 4.79 Å². The first-order valence-corrected chi connectivity index (χ1v) is 6.08. The SMILES string of the molecule is Cc1cc(C)c(/C=C\C(=O)c2ccc(Cl)cc2)[nH]1. The molecule has 0 aliphatic rings. The monoisotopic (exact) mass is 259 g/mol. The number of ketones is 1. The summed E-state index contributed by atoms with van der Waals surface area (Å²) in [6, 6.07) is 8.93. The smallest absolute Gasteiger partial charge is 0.185 e. The van der Waals surface area contributed by atoms with Crippen LogP contribution < -0.4 is 0 Å². The van der Waals surface area contributed by atoms with Crippen molar-refractivity contribution in [1.82, 2.24) is 4.98 Å². The van der Waals surface area contributed by atoms with E-state index in [4.69, 9.17) is 11.6 Å². The van der Waals surface area contributed by atoms with Gasteiger partial charge in [0.15, 0.2) is 5.78 Å². The Labute approximate surface area is 111 Å². The molecule has 3 heteroatoms. The predicted molar refractivity (Wildman–Crippen MR) is 75.1 cm³/mol. The van der Waals surface area contributed by atoms with Crippen LogP contribution in [-0.4, -0.2) is 10.8 Å². The zero-order valence-electron chi connectivity index (χ0n) is 10.3. The summed E-state index contributed by atoms with van der Waals surface area (Å²) >= 11 is 5.78. The Morgan fingerprint density at radius 3 is 2.44 bits per heavy atom. The molecule has 0 aliphatic heterocycles. The minimum Gasteiger partial charge on any atom is -0.359 e. The molecule has 2 nitrogen and oxygen atoms in total. The number of aromatic nitrogens is 1. The molecule has 1 heterocycles. The molecular weight excluding hydrogens is 246 g/mol. The van der Waals surface area contributed by atoms with Gasteiger partial charge >= 0.3 is 0 Å². The first-order valence-electron chi connectivity index (χ1n) is 5.70. The molecule has 2 aromatic rings. The minimum atomic E-state index is -0.0293. The van der Waals surface area contributed by atoms with Gasteiger partial charge < -0.3 is 4.98 Å². The Kier molecular flexibility index (Phi) is 3.68. The fraction of sp³-hybridized carbons (Fsp3) is 0.133. The number of halogens is 1. The maximum absolute atomic E-state index is 11.9.